The molecule has 10 nitrogen and oxygen atoms in total. The maximum Gasteiger partial charge on any atom is 0.147 e. The summed E-state index contributed by atoms with van der Waals surface area (Å²) >= 11 is 0. The van der Waals surface area contributed by atoms with E-state index < -0.39 is 74.3 Å². The van der Waals surface area contributed by atoms with Crippen LogP contribution in [0.5, 0.6) is 0 Å². The Kier molecular flexibility index (Phi) is 8.97. The van der Waals surface area contributed by atoms with Gasteiger partial charge < -0.3 is 50.3 Å². The SMILES string of the molecule is OC[C@H]1O[C@H](C/C=C/c2cccc(C#C[C@H]3O[C@H](CO)[C@@H](O)[C@H](O)[C@@H]3O)c2)[C@@H](O)[C@@H](O)[C@@H]1O. The number of hydrogen-bond donors (Lipinski definition) is 8. The van der Waals surface area contributed by atoms with Gasteiger partial charge >= 0.3 is 0 Å². The first kappa shape index (κ1) is 25.7. The van der Waals surface area contributed by atoms with Crippen LogP contribution in [0, 0.1) is 11.8 Å². The predicted molar refractivity (Wildman–Crippen MR) is 115 cm³/mol. The molecule has 33 heavy (non-hydrogen) atoms. The lowest BCUT2D eigenvalue weighted by Crippen LogP contribution is -2.58. The van der Waals surface area contributed by atoms with Crippen molar-refractivity contribution in [2.75, 3.05) is 13.2 Å². The van der Waals surface area contributed by atoms with Crippen molar-refractivity contribution >= 4 is 6.08 Å². The molecule has 0 unspecified atom stereocenters. The van der Waals surface area contributed by atoms with Crippen LogP contribution < -0.4 is 0 Å². The summed E-state index contributed by atoms with van der Waals surface area (Å²) in [4.78, 5) is 0. The van der Waals surface area contributed by atoms with Crippen molar-refractivity contribution in [3.63, 3.8) is 0 Å². The highest BCUT2D eigenvalue weighted by Gasteiger charge is 2.43. The zero-order chi connectivity index (χ0) is 24.1. The quantitative estimate of drug-likeness (QED) is 0.210. The lowest BCUT2D eigenvalue weighted by molar-refractivity contribution is -0.227. The Morgan fingerprint density at radius 3 is 2.03 bits per heavy atom. The second-order valence-corrected chi connectivity index (χ2v) is 8.15. The third-order valence-electron chi connectivity index (χ3n) is 5.81. The van der Waals surface area contributed by atoms with Gasteiger partial charge in [-0.25, -0.2) is 0 Å². The number of benzene rings is 1. The molecule has 0 saturated carbocycles. The molecular formula is C23H30O10. The van der Waals surface area contributed by atoms with Crippen LogP contribution in [0.2, 0.25) is 0 Å². The Balaban J connectivity index is 1.64. The van der Waals surface area contributed by atoms with E-state index in [-0.39, 0.29) is 6.42 Å². The van der Waals surface area contributed by atoms with Crippen molar-refractivity contribution in [3.05, 3.63) is 41.5 Å². The maximum atomic E-state index is 10.1. The molecule has 0 radical (unpaired) electrons. The van der Waals surface area contributed by atoms with Gasteiger partial charge in [-0.05, 0) is 24.1 Å². The lowest BCUT2D eigenvalue weighted by Gasteiger charge is -2.39. The molecule has 182 valence electrons. The van der Waals surface area contributed by atoms with Crippen LogP contribution in [-0.4, -0.2) is 115 Å². The molecule has 8 N–H and O–H groups in total. The van der Waals surface area contributed by atoms with E-state index in [2.05, 4.69) is 11.8 Å². The Bertz CT molecular complexity index is 860. The van der Waals surface area contributed by atoms with Gasteiger partial charge in [-0.15, -0.1) is 0 Å². The van der Waals surface area contributed by atoms with Crippen LogP contribution in [-0.2, 0) is 9.47 Å². The Morgan fingerprint density at radius 1 is 0.758 bits per heavy atom. The highest BCUT2D eigenvalue weighted by atomic mass is 16.5. The molecule has 1 aromatic rings. The third kappa shape index (κ3) is 5.98. The minimum absolute atomic E-state index is 0.224. The Hall–Kier alpha value is -1.88. The molecule has 0 aromatic heterocycles. The van der Waals surface area contributed by atoms with Crippen LogP contribution in [0.15, 0.2) is 30.3 Å². The topological polar surface area (TPSA) is 180 Å². The molecule has 0 amide bonds. The number of aliphatic hydroxyl groups is 8. The number of hydrogen-bond acceptors (Lipinski definition) is 10. The average Bonchev–Trinajstić information content (AvgIpc) is 2.82. The summed E-state index contributed by atoms with van der Waals surface area (Å²) in [6.07, 6.45) is -8.68. The number of aliphatic hydroxyl groups excluding tert-OH is 8. The molecule has 1 aromatic carbocycles. The zero-order valence-electron chi connectivity index (χ0n) is 17.8. The van der Waals surface area contributed by atoms with Gasteiger partial charge in [-0.2, -0.15) is 0 Å². The summed E-state index contributed by atoms with van der Waals surface area (Å²) in [6, 6.07) is 7.04. The molecule has 0 bridgehead atoms. The highest BCUT2D eigenvalue weighted by molar-refractivity contribution is 5.53. The van der Waals surface area contributed by atoms with E-state index in [9.17, 15) is 40.9 Å². The fraction of sp³-hybridized carbons (Fsp3) is 0.565. The van der Waals surface area contributed by atoms with Crippen LogP contribution in [0.3, 0.4) is 0 Å². The summed E-state index contributed by atoms with van der Waals surface area (Å²) in [5.41, 5.74) is 1.35. The van der Waals surface area contributed by atoms with Gasteiger partial charge in [0.25, 0.3) is 0 Å². The summed E-state index contributed by atoms with van der Waals surface area (Å²) in [7, 11) is 0. The molecule has 2 heterocycles. The summed E-state index contributed by atoms with van der Waals surface area (Å²) < 4.78 is 10.8. The Morgan fingerprint density at radius 2 is 1.36 bits per heavy atom. The van der Waals surface area contributed by atoms with E-state index in [0.717, 1.165) is 5.56 Å². The van der Waals surface area contributed by atoms with Gasteiger partial charge in [0.15, 0.2) is 0 Å². The standard InChI is InChI=1S/C23H30O10/c24-10-16-20(28)22(30)18(26)14(32-16)6-2-5-12-3-1-4-13(9-12)7-8-15-19(27)23(31)21(29)17(11-25)33-15/h1-5,9,14-31H,6,10-11H2/b5-2+/t14-,15-,16-,17-,18-,19-,20-,21-,22-,23-/m1/s1. The maximum absolute atomic E-state index is 10.1. The van der Waals surface area contributed by atoms with E-state index in [1.165, 1.54) is 0 Å². The van der Waals surface area contributed by atoms with Crippen LogP contribution in [0.25, 0.3) is 6.08 Å². The van der Waals surface area contributed by atoms with E-state index in [4.69, 9.17) is 9.47 Å². The van der Waals surface area contributed by atoms with Crippen LogP contribution >= 0.6 is 0 Å². The largest absolute Gasteiger partial charge is 0.394 e. The van der Waals surface area contributed by atoms with Gasteiger partial charge in [-0.3, -0.25) is 0 Å². The van der Waals surface area contributed by atoms with Gasteiger partial charge in [-0.1, -0.05) is 36.1 Å². The first-order valence-corrected chi connectivity index (χ1v) is 10.7. The fourth-order valence-electron chi connectivity index (χ4n) is 3.81. The Labute approximate surface area is 191 Å². The van der Waals surface area contributed by atoms with Gasteiger partial charge in [0.1, 0.15) is 54.9 Å². The number of rotatable bonds is 5. The molecule has 10 heteroatoms. The molecule has 3 rings (SSSR count). The minimum atomic E-state index is -1.49. The summed E-state index contributed by atoms with van der Waals surface area (Å²) in [5, 5.41) is 78.1. The van der Waals surface area contributed by atoms with Crippen molar-refractivity contribution in [2.45, 2.75) is 67.5 Å². The molecule has 2 aliphatic rings. The first-order chi connectivity index (χ1) is 15.8. The molecule has 2 aliphatic heterocycles. The normalized spacial score (nSPS) is 39.3. The van der Waals surface area contributed by atoms with E-state index in [0.29, 0.717) is 5.56 Å². The highest BCUT2D eigenvalue weighted by Crippen LogP contribution is 2.24. The minimum Gasteiger partial charge on any atom is -0.394 e. The summed E-state index contributed by atoms with van der Waals surface area (Å²) in [6.45, 7) is -1.02. The summed E-state index contributed by atoms with van der Waals surface area (Å²) in [5.74, 6) is 5.55. The van der Waals surface area contributed by atoms with Crippen molar-refractivity contribution in [1.29, 1.82) is 0 Å². The third-order valence-corrected chi connectivity index (χ3v) is 5.81. The van der Waals surface area contributed by atoms with Gasteiger partial charge in [0.2, 0.25) is 0 Å². The first-order valence-electron chi connectivity index (χ1n) is 10.7. The smallest absolute Gasteiger partial charge is 0.147 e. The van der Waals surface area contributed by atoms with Gasteiger partial charge in [0, 0.05) is 5.56 Å². The second kappa shape index (κ2) is 11.5. The van der Waals surface area contributed by atoms with Crippen LogP contribution in [0.1, 0.15) is 17.5 Å². The molecular weight excluding hydrogens is 436 g/mol. The van der Waals surface area contributed by atoms with Crippen LogP contribution in [0.4, 0.5) is 0 Å². The average molecular weight is 466 g/mol. The van der Waals surface area contributed by atoms with Gasteiger partial charge in [0.05, 0.1) is 19.3 Å². The van der Waals surface area contributed by atoms with E-state index in [1.54, 1.807) is 30.4 Å². The molecule has 0 aliphatic carbocycles. The number of ether oxygens (including phenoxy) is 2. The monoisotopic (exact) mass is 466 g/mol. The predicted octanol–water partition coefficient (Wildman–Crippen LogP) is -2.87. The zero-order valence-corrected chi connectivity index (χ0v) is 17.8. The molecule has 10 atom stereocenters. The molecule has 0 spiro atoms. The van der Waals surface area contributed by atoms with E-state index >= 15 is 0 Å². The second-order valence-electron chi connectivity index (χ2n) is 8.15. The molecule has 2 fully saturated rings. The van der Waals surface area contributed by atoms with Crippen molar-refractivity contribution in [1.82, 2.24) is 0 Å². The van der Waals surface area contributed by atoms with E-state index in [1.807, 2.05) is 6.07 Å². The van der Waals surface area contributed by atoms with Crippen molar-refractivity contribution in [3.8, 4) is 11.8 Å². The fourth-order valence-corrected chi connectivity index (χ4v) is 3.81. The molecule has 2 saturated heterocycles. The lowest BCUT2D eigenvalue weighted by atomic mass is 9.93. The van der Waals surface area contributed by atoms with Crippen molar-refractivity contribution < 1.29 is 50.3 Å². The van der Waals surface area contributed by atoms with Crippen molar-refractivity contribution in [2.24, 2.45) is 0 Å².